The fraction of sp³-hybridized carbons (Fsp3) is 0.543. The summed E-state index contributed by atoms with van der Waals surface area (Å²) in [5.74, 6) is 10.7. The summed E-state index contributed by atoms with van der Waals surface area (Å²) in [6.45, 7) is 5.40. The molecule has 0 atom stereocenters. The van der Waals surface area contributed by atoms with E-state index < -0.39 is 0 Å². The highest BCUT2D eigenvalue weighted by Crippen LogP contribution is 2.38. The van der Waals surface area contributed by atoms with Crippen LogP contribution in [0.4, 0.5) is 0 Å². The summed E-state index contributed by atoms with van der Waals surface area (Å²) < 4.78 is 5.87. The number of benzene rings is 2. The Kier molecular flexibility index (Phi) is 10.6. The summed E-state index contributed by atoms with van der Waals surface area (Å²) in [6, 6.07) is 17.9. The van der Waals surface area contributed by atoms with Crippen LogP contribution in [0.25, 0.3) is 0 Å². The minimum atomic E-state index is 0.664. The molecule has 0 amide bonds. The van der Waals surface area contributed by atoms with E-state index in [9.17, 15) is 0 Å². The molecule has 1 heteroatoms. The molecule has 2 saturated carbocycles. The largest absolute Gasteiger partial charge is 0.494 e. The van der Waals surface area contributed by atoms with Crippen molar-refractivity contribution in [3.8, 4) is 17.6 Å². The van der Waals surface area contributed by atoms with Gasteiger partial charge < -0.3 is 4.74 Å². The normalized spacial score (nSPS) is 24.3. The van der Waals surface area contributed by atoms with Gasteiger partial charge in [0.25, 0.3) is 0 Å². The van der Waals surface area contributed by atoms with E-state index in [0.717, 1.165) is 36.2 Å². The molecule has 0 radical (unpaired) electrons. The van der Waals surface area contributed by atoms with Gasteiger partial charge in [-0.15, -0.1) is 0 Å². The Morgan fingerprint density at radius 2 is 1.36 bits per heavy atom. The Bertz CT molecular complexity index is 972. The van der Waals surface area contributed by atoms with Crippen molar-refractivity contribution in [3.63, 3.8) is 0 Å². The second-order valence-electron chi connectivity index (χ2n) is 11.1. The number of hydrogen-bond donors (Lipinski definition) is 0. The Morgan fingerprint density at radius 3 is 1.97 bits per heavy atom. The number of allylic oxidation sites excluding steroid dienone is 2. The lowest BCUT2D eigenvalue weighted by Gasteiger charge is -2.28. The quantitative estimate of drug-likeness (QED) is 0.255. The van der Waals surface area contributed by atoms with Gasteiger partial charge in [-0.05, 0) is 123 Å². The number of hydrogen-bond acceptors (Lipinski definition) is 1. The summed E-state index contributed by atoms with van der Waals surface area (Å²) in [5.41, 5.74) is 4.11. The Labute approximate surface area is 220 Å². The minimum absolute atomic E-state index is 0.664. The van der Waals surface area contributed by atoms with Gasteiger partial charge in [0, 0.05) is 5.56 Å². The molecule has 192 valence electrons. The topological polar surface area (TPSA) is 9.23 Å². The van der Waals surface area contributed by atoms with Crippen molar-refractivity contribution in [1.82, 2.24) is 0 Å². The van der Waals surface area contributed by atoms with Crippen LogP contribution in [0, 0.1) is 23.7 Å². The second-order valence-corrected chi connectivity index (χ2v) is 11.1. The van der Waals surface area contributed by atoms with Crippen molar-refractivity contribution in [3.05, 3.63) is 77.4 Å². The molecule has 0 unspecified atom stereocenters. The summed E-state index contributed by atoms with van der Waals surface area (Å²) in [6.07, 6.45) is 20.0. The first-order valence-corrected chi connectivity index (χ1v) is 14.8. The lowest BCUT2D eigenvalue weighted by atomic mass is 9.78. The van der Waals surface area contributed by atoms with Crippen molar-refractivity contribution >= 4 is 0 Å². The molecular formula is C35H46O. The predicted octanol–water partition coefficient (Wildman–Crippen LogP) is 9.82. The summed E-state index contributed by atoms with van der Waals surface area (Å²) >= 11 is 0. The van der Waals surface area contributed by atoms with Crippen LogP contribution in [-0.4, -0.2) is 6.61 Å². The van der Waals surface area contributed by atoms with Crippen molar-refractivity contribution < 1.29 is 4.74 Å². The smallest absolute Gasteiger partial charge is 0.119 e. The Morgan fingerprint density at radius 1 is 0.750 bits per heavy atom. The molecule has 0 spiro atoms. The molecule has 2 aliphatic carbocycles. The van der Waals surface area contributed by atoms with Crippen LogP contribution in [0.5, 0.6) is 5.75 Å². The molecule has 0 heterocycles. The minimum Gasteiger partial charge on any atom is -0.494 e. The maximum absolute atomic E-state index is 5.87. The fourth-order valence-electron chi connectivity index (χ4n) is 6.08. The van der Waals surface area contributed by atoms with Gasteiger partial charge in [0.15, 0.2) is 0 Å². The molecular weight excluding hydrogens is 436 g/mol. The lowest BCUT2D eigenvalue weighted by molar-refractivity contribution is 0.306. The Balaban J connectivity index is 1.18. The van der Waals surface area contributed by atoms with E-state index in [0.29, 0.717) is 11.8 Å². The van der Waals surface area contributed by atoms with E-state index in [2.05, 4.69) is 86.4 Å². The third-order valence-electron chi connectivity index (χ3n) is 8.61. The summed E-state index contributed by atoms with van der Waals surface area (Å²) in [5, 5.41) is 0. The zero-order chi connectivity index (χ0) is 25.0. The third kappa shape index (κ3) is 8.03. The van der Waals surface area contributed by atoms with Crippen molar-refractivity contribution in [2.45, 2.75) is 103 Å². The molecule has 0 aliphatic heterocycles. The van der Waals surface area contributed by atoms with Gasteiger partial charge in [0.2, 0.25) is 0 Å². The van der Waals surface area contributed by atoms with Crippen LogP contribution in [0.3, 0.4) is 0 Å². The van der Waals surface area contributed by atoms with Crippen molar-refractivity contribution in [1.29, 1.82) is 0 Å². The van der Waals surface area contributed by atoms with E-state index in [1.807, 2.05) is 0 Å². The van der Waals surface area contributed by atoms with Crippen LogP contribution in [0.15, 0.2) is 60.7 Å². The number of rotatable bonds is 9. The lowest BCUT2D eigenvalue weighted by Crippen LogP contribution is -2.12. The first kappa shape index (κ1) is 26.6. The highest BCUT2D eigenvalue weighted by molar-refractivity contribution is 5.39. The molecule has 2 fully saturated rings. The molecule has 2 aliphatic rings. The standard InChI is InChI=1S/C35H46O/c1-3-5-8-27-36-35-25-23-34(24-26-35)33-21-15-30(16-22-33)10-7-6-9-29-13-19-32(20-14-29)31-17-11-28(4-2)12-18-31/h7,10,13-14,19-20,23-26,28,30-31,33H,3-5,8,11-12,15-18,21-22,27H2,1-2H3/b10-7+. The van der Waals surface area contributed by atoms with E-state index in [1.54, 1.807) is 0 Å². The van der Waals surface area contributed by atoms with Gasteiger partial charge in [0.1, 0.15) is 5.75 Å². The van der Waals surface area contributed by atoms with E-state index in [-0.39, 0.29) is 0 Å². The summed E-state index contributed by atoms with van der Waals surface area (Å²) in [7, 11) is 0. The summed E-state index contributed by atoms with van der Waals surface area (Å²) in [4.78, 5) is 0. The van der Waals surface area contributed by atoms with Crippen LogP contribution >= 0.6 is 0 Å². The molecule has 2 aromatic rings. The number of unbranched alkanes of at least 4 members (excludes halogenated alkanes) is 2. The maximum atomic E-state index is 5.87. The molecule has 36 heavy (non-hydrogen) atoms. The third-order valence-corrected chi connectivity index (χ3v) is 8.61. The molecule has 2 aromatic carbocycles. The average Bonchev–Trinajstić information content (AvgIpc) is 2.95. The maximum Gasteiger partial charge on any atom is 0.119 e. The van der Waals surface area contributed by atoms with Crippen LogP contribution in [-0.2, 0) is 0 Å². The zero-order valence-electron chi connectivity index (χ0n) is 22.7. The first-order valence-electron chi connectivity index (χ1n) is 14.8. The molecule has 0 N–H and O–H groups in total. The van der Waals surface area contributed by atoms with E-state index in [4.69, 9.17) is 4.74 Å². The van der Waals surface area contributed by atoms with E-state index in [1.165, 1.54) is 81.8 Å². The zero-order valence-corrected chi connectivity index (χ0v) is 22.7. The molecule has 0 saturated heterocycles. The Hall–Kier alpha value is -2.46. The van der Waals surface area contributed by atoms with Crippen LogP contribution in [0.2, 0.25) is 0 Å². The van der Waals surface area contributed by atoms with Crippen LogP contribution < -0.4 is 4.74 Å². The monoisotopic (exact) mass is 482 g/mol. The molecule has 1 nitrogen and oxygen atoms in total. The predicted molar refractivity (Wildman–Crippen MR) is 154 cm³/mol. The highest BCUT2D eigenvalue weighted by atomic mass is 16.5. The van der Waals surface area contributed by atoms with Crippen LogP contribution in [0.1, 0.15) is 119 Å². The van der Waals surface area contributed by atoms with Gasteiger partial charge in [-0.25, -0.2) is 0 Å². The molecule has 0 aromatic heterocycles. The molecule has 4 rings (SSSR count). The molecule has 0 bridgehead atoms. The fourth-order valence-corrected chi connectivity index (χ4v) is 6.08. The van der Waals surface area contributed by atoms with Gasteiger partial charge in [-0.2, -0.15) is 0 Å². The van der Waals surface area contributed by atoms with Gasteiger partial charge >= 0.3 is 0 Å². The SMILES string of the molecule is CCCCCOc1ccc(C2CCC(/C=C/C#Cc3ccc(C4CCC(CC)CC4)cc3)CC2)cc1. The second kappa shape index (κ2) is 14.3. The van der Waals surface area contributed by atoms with Crippen molar-refractivity contribution in [2.24, 2.45) is 11.8 Å². The van der Waals surface area contributed by atoms with E-state index >= 15 is 0 Å². The van der Waals surface area contributed by atoms with Gasteiger partial charge in [0.05, 0.1) is 6.61 Å². The average molecular weight is 483 g/mol. The van der Waals surface area contributed by atoms with Crippen molar-refractivity contribution in [2.75, 3.05) is 6.61 Å². The number of ether oxygens (including phenoxy) is 1. The van der Waals surface area contributed by atoms with Gasteiger partial charge in [-0.1, -0.05) is 75.3 Å². The highest BCUT2D eigenvalue weighted by Gasteiger charge is 2.22. The first-order chi connectivity index (χ1) is 17.7. The van der Waals surface area contributed by atoms with Gasteiger partial charge in [-0.3, -0.25) is 0 Å².